The summed E-state index contributed by atoms with van der Waals surface area (Å²) in [5, 5.41) is 25.2. The van der Waals surface area contributed by atoms with E-state index in [9.17, 15) is 0 Å². The van der Waals surface area contributed by atoms with E-state index in [0.29, 0.717) is 0 Å². The highest BCUT2D eigenvalue weighted by atomic mass is 16.5. The second kappa shape index (κ2) is 17.5. The highest BCUT2D eigenvalue weighted by molar-refractivity contribution is 6.24. The molecule has 0 fully saturated rings. The van der Waals surface area contributed by atoms with Crippen molar-refractivity contribution in [3.63, 3.8) is 0 Å². The van der Waals surface area contributed by atoms with Crippen LogP contribution in [0.3, 0.4) is 0 Å². The third-order valence-corrected chi connectivity index (χ3v) is 5.31. The van der Waals surface area contributed by atoms with Crippen molar-refractivity contribution in [2.24, 2.45) is 0 Å². The van der Waals surface area contributed by atoms with Crippen LogP contribution in [0.4, 0.5) is 0 Å². The van der Waals surface area contributed by atoms with Crippen LogP contribution < -0.4 is 28.8 Å². The van der Waals surface area contributed by atoms with Gasteiger partial charge >= 0.3 is 0 Å². The van der Waals surface area contributed by atoms with Gasteiger partial charge in [-0.25, -0.2) is 0 Å². The van der Waals surface area contributed by atoms with Crippen LogP contribution in [0.1, 0.15) is 0 Å². The van der Waals surface area contributed by atoms with Crippen LogP contribution >= 0.6 is 0 Å². The van der Waals surface area contributed by atoms with Gasteiger partial charge in [0.2, 0.25) is 17.1 Å². The third kappa shape index (κ3) is 11.2. The van der Waals surface area contributed by atoms with Gasteiger partial charge in [0.1, 0.15) is 0 Å². The fraction of sp³-hybridized carbons (Fsp3) is 0. The van der Waals surface area contributed by atoms with Crippen molar-refractivity contribution < 1.29 is 28.8 Å². The Labute approximate surface area is 235 Å². The molecule has 0 aliphatic carbocycles. The smallest absolute Gasteiger partial charge is 0.210 e. The lowest BCUT2D eigenvalue weighted by Crippen LogP contribution is -2.56. The van der Waals surface area contributed by atoms with Crippen LogP contribution in [0.2, 0.25) is 0 Å². The molecule has 0 atom stereocenters. The van der Waals surface area contributed by atoms with Crippen molar-refractivity contribution in [3.8, 4) is 17.1 Å². The van der Waals surface area contributed by atoms with Gasteiger partial charge in [0, 0.05) is 72.8 Å². The van der Waals surface area contributed by atoms with Crippen LogP contribution in [-0.2, 0) is 0 Å². The van der Waals surface area contributed by atoms with Crippen molar-refractivity contribution in [2.75, 3.05) is 0 Å². The summed E-state index contributed by atoms with van der Waals surface area (Å²) in [5.74, 6) is 0. The largest absolute Gasteiger partial charge is 0.907 e. The Hall–Kier alpha value is -4.95. The molecule has 6 rings (SSSR count). The second-order valence-corrected chi connectivity index (χ2v) is 8.14. The van der Waals surface area contributed by atoms with Crippen molar-refractivity contribution in [1.29, 1.82) is 0 Å². The zero-order chi connectivity index (χ0) is 28.3. The summed E-state index contributed by atoms with van der Waals surface area (Å²) in [5.41, 5.74) is 3.58. The summed E-state index contributed by atoms with van der Waals surface area (Å²) in [4.78, 5) is 0. The van der Waals surface area contributed by atoms with E-state index in [1.165, 1.54) is 17.1 Å². The minimum Gasteiger partial charge on any atom is -0.907 e. The van der Waals surface area contributed by atoms with Gasteiger partial charge in [0.15, 0.2) is 37.2 Å². The van der Waals surface area contributed by atoms with Gasteiger partial charge in [-0.15, -0.1) is 0 Å². The standard InChI is InChI=1S/3C11H10N.BO3/c3*1-3-7-11(8-4-1)12-9-5-2-6-10-12;2-1(3)4/h3*1-10H;/q3*+1;-3. The SMILES string of the molecule is [O-]B([O-])[O-].c1ccc(-[n+]2ccccc2)cc1.c1ccc(-[n+]2ccccc2)cc1.c1ccc(-[n+]2ccccc2)cc1. The zero-order valence-corrected chi connectivity index (χ0v) is 22.0. The summed E-state index contributed by atoms with van der Waals surface area (Å²) in [6.45, 7) is 0. The molecule has 0 aliphatic heterocycles. The molecule has 0 N–H and O–H groups in total. The summed E-state index contributed by atoms with van der Waals surface area (Å²) in [6, 6.07) is 48.9. The predicted molar refractivity (Wildman–Crippen MR) is 150 cm³/mol. The first-order valence-corrected chi connectivity index (χ1v) is 12.7. The molecule has 0 saturated carbocycles. The van der Waals surface area contributed by atoms with Gasteiger partial charge in [0.25, 0.3) is 0 Å². The number of benzene rings is 3. The van der Waals surface area contributed by atoms with Gasteiger partial charge < -0.3 is 15.1 Å². The quantitative estimate of drug-likeness (QED) is 0.261. The van der Waals surface area contributed by atoms with Gasteiger partial charge in [-0.1, -0.05) is 72.8 Å². The lowest BCUT2D eigenvalue weighted by Gasteiger charge is -2.35. The molecule has 0 spiro atoms. The Morgan fingerprint density at radius 3 is 0.675 bits per heavy atom. The van der Waals surface area contributed by atoms with Crippen LogP contribution in [0.25, 0.3) is 17.1 Å². The molecule has 0 bridgehead atoms. The topological polar surface area (TPSA) is 80.8 Å². The van der Waals surface area contributed by atoms with E-state index in [0.717, 1.165) is 0 Å². The van der Waals surface area contributed by atoms with E-state index >= 15 is 0 Å². The summed E-state index contributed by atoms with van der Waals surface area (Å²) < 4.78 is 6.25. The maximum Gasteiger partial charge on any atom is 0.210 e. The van der Waals surface area contributed by atoms with Gasteiger partial charge in [-0.3, -0.25) is 7.32 Å². The molecule has 0 saturated heterocycles. The Morgan fingerprint density at radius 1 is 0.300 bits per heavy atom. The Morgan fingerprint density at radius 2 is 0.475 bits per heavy atom. The van der Waals surface area contributed by atoms with Crippen molar-refractivity contribution in [3.05, 3.63) is 183 Å². The van der Waals surface area contributed by atoms with E-state index in [-0.39, 0.29) is 0 Å². The number of aromatic nitrogens is 3. The zero-order valence-electron chi connectivity index (χ0n) is 22.0. The van der Waals surface area contributed by atoms with Gasteiger partial charge in [-0.05, 0) is 0 Å². The second-order valence-electron chi connectivity index (χ2n) is 8.14. The first-order chi connectivity index (χ1) is 19.6. The normalized spacial score (nSPS) is 9.38. The molecule has 0 radical (unpaired) electrons. The van der Waals surface area contributed by atoms with Crippen LogP contribution in [0.5, 0.6) is 0 Å². The monoisotopic (exact) mass is 527 g/mol. The molecule has 0 amide bonds. The molecular formula is C33H30BN3O3. The number of hydrogen-bond donors (Lipinski definition) is 0. The number of hydrogen-bond acceptors (Lipinski definition) is 3. The lowest BCUT2D eigenvalue weighted by molar-refractivity contribution is -0.596. The van der Waals surface area contributed by atoms with Crippen LogP contribution in [0.15, 0.2) is 183 Å². The first-order valence-electron chi connectivity index (χ1n) is 12.7. The van der Waals surface area contributed by atoms with E-state index in [1.807, 2.05) is 146 Å². The highest BCUT2D eigenvalue weighted by Crippen LogP contribution is 1.98. The molecule has 3 aromatic heterocycles. The first kappa shape index (κ1) is 29.6. The van der Waals surface area contributed by atoms with Crippen molar-refractivity contribution in [2.45, 2.75) is 0 Å². The molecule has 198 valence electrons. The molecule has 0 aliphatic rings. The van der Waals surface area contributed by atoms with Crippen molar-refractivity contribution in [1.82, 2.24) is 0 Å². The minimum absolute atomic E-state index is 1.19. The summed E-state index contributed by atoms with van der Waals surface area (Å²) in [7, 11) is -2.92. The van der Waals surface area contributed by atoms with Gasteiger partial charge in [-0.2, -0.15) is 13.7 Å². The van der Waals surface area contributed by atoms with E-state index in [2.05, 4.69) is 50.1 Å². The molecule has 6 aromatic rings. The van der Waals surface area contributed by atoms with E-state index in [4.69, 9.17) is 15.1 Å². The number of pyridine rings is 3. The Balaban J connectivity index is 0.000000155. The third-order valence-electron chi connectivity index (χ3n) is 5.31. The highest BCUT2D eigenvalue weighted by Gasteiger charge is 2.01. The molecule has 0 unspecified atom stereocenters. The fourth-order valence-electron chi connectivity index (χ4n) is 3.51. The molecule has 3 aromatic carbocycles. The maximum atomic E-state index is 8.42. The molecule has 3 heterocycles. The number of para-hydroxylation sites is 3. The van der Waals surface area contributed by atoms with E-state index in [1.54, 1.807) is 0 Å². The minimum atomic E-state index is -2.92. The maximum absolute atomic E-state index is 8.42. The fourth-order valence-corrected chi connectivity index (χ4v) is 3.51. The Bertz CT molecular complexity index is 1150. The summed E-state index contributed by atoms with van der Waals surface area (Å²) >= 11 is 0. The summed E-state index contributed by atoms with van der Waals surface area (Å²) in [6.07, 6.45) is 12.2. The number of nitrogens with zero attached hydrogens (tertiary/aromatic N) is 3. The van der Waals surface area contributed by atoms with Crippen LogP contribution in [-0.4, -0.2) is 7.32 Å². The Kier molecular flexibility index (Phi) is 13.0. The molecular weight excluding hydrogens is 497 g/mol. The van der Waals surface area contributed by atoms with Crippen LogP contribution in [0, 0.1) is 0 Å². The van der Waals surface area contributed by atoms with Gasteiger partial charge in [0.05, 0.1) is 0 Å². The number of rotatable bonds is 3. The average molecular weight is 527 g/mol. The van der Waals surface area contributed by atoms with Crippen molar-refractivity contribution >= 4 is 7.32 Å². The average Bonchev–Trinajstić information content (AvgIpc) is 3.04. The molecule has 6 nitrogen and oxygen atoms in total. The lowest BCUT2D eigenvalue weighted by atomic mass is 10.3. The predicted octanol–water partition coefficient (Wildman–Crippen LogP) is 1.94. The molecule has 40 heavy (non-hydrogen) atoms. The molecule has 7 heteroatoms. The van der Waals surface area contributed by atoms with E-state index < -0.39 is 7.32 Å².